The van der Waals surface area contributed by atoms with Crippen molar-refractivity contribution in [3.05, 3.63) is 36.4 Å². The quantitative estimate of drug-likeness (QED) is 0.687. The minimum Gasteiger partial charge on any atom is -0.496 e. The van der Waals surface area contributed by atoms with Gasteiger partial charge in [-0.3, -0.25) is 0 Å². The van der Waals surface area contributed by atoms with E-state index < -0.39 is 7.92 Å². The maximum atomic E-state index is 6.39. The first-order valence-electron chi connectivity index (χ1n) is 8.54. The molecule has 2 aromatic rings. The van der Waals surface area contributed by atoms with Crippen LogP contribution in [0.2, 0.25) is 0 Å². The molecule has 0 aromatic heterocycles. The van der Waals surface area contributed by atoms with Crippen LogP contribution in [0.15, 0.2) is 36.4 Å². The Bertz CT molecular complexity index is 768. The Morgan fingerprint density at radius 1 is 0.920 bits per heavy atom. The van der Waals surface area contributed by atoms with Gasteiger partial charge in [-0.05, 0) is 45.1 Å². The van der Waals surface area contributed by atoms with Gasteiger partial charge in [0.2, 0.25) is 0 Å². The highest BCUT2D eigenvalue weighted by Crippen LogP contribution is 2.65. The van der Waals surface area contributed by atoms with Gasteiger partial charge in [-0.25, -0.2) is 0 Å². The van der Waals surface area contributed by atoms with Crippen LogP contribution in [0.4, 0.5) is 0 Å². The van der Waals surface area contributed by atoms with E-state index in [1.54, 1.807) is 14.2 Å². The van der Waals surface area contributed by atoms with Crippen molar-refractivity contribution < 1.29 is 14.2 Å². The first-order valence-corrected chi connectivity index (χ1v) is 9.88. The molecule has 1 aliphatic rings. The van der Waals surface area contributed by atoms with Gasteiger partial charge >= 0.3 is 0 Å². The van der Waals surface area contributed by atoms with Gasteiger partial charge < -0.3 is 14.2 Å². The lowest BCUT2D eigenvalue weighted by Crippen LogP contribution is -2.31. The van der Waals surface area contributed by atoms with Crippen LogP contribution in [-0.4, -0.2) is 24.7 Å². The van der Waals surface area contributed by atoms with Crippen LogP contribution in [0.3, 0.4) is 0 Å². The predicted octanol–water partition coefficient (Wildman–Crippen LogP) is 5.41. The van der Waals surface area contributed by atoms with Crippen LogP contribution >= 0.6 is 7.92 Å². The third-order valence-electron chi connectivity index (χ3n) is 4.49. The van der Waals surface area contributed by atoms with E-state index in [0.29, 0.717) is 0 Å². The van der Waals surface area contributed by atoms with Gasteiger partial charge in [0.25, 0.3) is 0 Å². The normalized spacial score (nSPS) is 18.4. The van der Waals surface area contributed by atoms with Crippen molar-refractivity contribution >= 4 is 13.2 Å². The topological polar surface area (TPSA) is 27.7 Å². The molecular weight excluding hydrogens is 331 g/mol. The number of methoxy groups -OCH3 is 2. The third kappa shape index (κ3) is 3.00. The molecule has 4 heteroatoms. The Hall–Kier alpha value is -1.73. The van der Waals surface area contributed by atoms with Gasteiger partial charge in [-0.1, -0.05) is 39.0 Å². The summed E-state index contributed by atoms with van der Waals surface area (Å²) in [6, 6.07) is 12.2. The van der Waals surface area contributed by atoms with E-state index in [0.717, 1.165) is 28.4 Å². The molecule has 1 aliphatic heterocycles. The number of ether oxygens (including phenoxy) is 3. The molecule has 2 aromatic carbocycles. The molecular formula is C21H27O3P. The highest BCUT2D eigenvalue weighted by Gasteiger charge is 2.48. The molecule has 0 saturated carbocycles. The van der Waals surface area contributed by atoms with Gasteiger partial charge in [0.1, 0.15) is 22.6 Å². The van der Waals surface area contributed by atoms with Crippen LogP contribution in [0.1, 0.15) is 34.6 Å². The maximum Gasteiger partial charge on any atom is 0.130 e. The zero-order chi connectivity index (χ0) is 18.4. The van der Waals surface area contributed by atoms with Crippen molar-refractivity contribution in [2.24, 2.45) is 0 Å². The van der Waals surface area contributed by atoms with Gasteiger partial charge in [0, 0.05) is 10.9 Å². The number of benzene rings is 2. The van der Waals surface area contributed by atoms with Crippen molar-refractivity contribution in [1.82, 2.24) is 0 Å². The Balaban J connectivity index is 2.33. The summed E-state index contributed by atoms with van der Waals surface area (Å²) in [6.45, 7) is 11.3. The lowest BCUT2D eigenvalue weighted by Gasteiger charge is -2.37. The summed E-state index contributed by atoms with van der Waals surface area (Å²) in [6.07, 6.45) is 0. The lowest BCUT2D eigenvalue weighted by atomic mass is 10.0. The second-order valence-electron chi connectivity index (χ2n) is 7.74. The van der Waals surface area contributed by atoms with Gasteiger partial charge in [0.15, 0.2) is 0 Å². The maximum absolute atomic E-state index is 6.39. The summed E-state index contributed by atoms with van der Waals surface area (Å²) in [5.74, 6) is 2.62. The smallest absolute Gasteiger partial charge is 0.130 e. The summed E-state index contributed by atoms with van der Waals surface area (Å²) in [5.41, 5.74) is 2.15. The molecule has 3 nitrogen and oxygen atoms in total. The second kappa shape index (κ2) is 6.21. The first-order chi connectivity index (χ1) is 11.7. The highest BCUT2D eigenvalue weighted by molar-refractivity contribution is 7.69. The SMILES string of the molecule is COc1cccc(OC)c1-c1cccc2c1[P@](C(C)(C)C)C(C)(C)O2. The van der Waals surface area contributed by atoms with Crippen molar-refractivity contribution in [2.45, 2.75) is 45.1 Å². The van der Waals surface area contributed by atoms with E-state index in [1.807, 2.05) is 18.2 Å². The molecule has 0 bridgehead atoms. The molecule has 0 saturated heterocycles. The van der Waals surface area contributed by atoms with Crippen molar-refractivity contribution in [3.8, 4) is 28.4 Å². The molecule has 0 N–H and O–H groups in total. The van der Waals surface area contributed by atoms with Gasteiger partial charge in [0.05, 0.1) is 19.8 Å². The Kier molecular flexibility index (Phi) is 4.49. The fourth-order valence-corrected chi connectivity index (χ4v) is 7.66. The highest BCUT2D eigenvalue weighted by atomic mass is 31.1. The molecule has 25 heavy (non-hydrogen) atoms. The Morgan fingerprint density at radius 2 is 1.48 bits per heavy atom. The largest absolute Gasteiger partial charge is 0.496 e. The predicted molar refractivity (Wildman–Crippen MR) is 106 cm³/mol. The minimum atomic E-state index is -0.558. The summed E-state index contributed by atoms with van der Waals surface area (Å²) in [5, 5.41) is 1.22. The summed E-state index contributed by atoms with van der Waals surface area (Å²) in [4.78, 5) is 0. The minimum absolute atomic E-state index is 0.120. The van der Waals surface area contributed by atoms with Crippen LogP contribution in [0.25, 0.3) is 11.1 Å². The number of fused-ring (bicyclic) bond motifs is 1. The van der Waals surface area contributed by atoms with Crippen molar-refractivity contribution in [2.75, 3.05) is 14.2 Å². The number of rotatable bonds is 3. The molecule has 0 amide bonds. The van der Waals surface area contributed by atoms with E-state index in [9.17, 15) is 0 Å². The Morgan fingerprint density at radius 3 is 2.00 bits per heavy atom. The molecule has 1 heterocycles. The molecule has 0 aliphatic carbocycles. The van der Waals surface area contributed by atoms with E-state index in [-0.39, 0.29) is 10.5 Å². The van der Waals surface area contributed by atoms with E-state index in [2.05, 4.69) is 52.8 Å². The first kappa shape index (κ1) is 18.1. The molecule has 1 atom stereocenters. The Labute approximate surface area is 152 Å². The van der Waals surface area contributed by atoms with Gasteiger partial charge in [-0.15, -0.1) is 0 Å². The fraction of sp³-hybridized carbons (Fsp3) is 0.429. The molecule has 3 rings (SSSR count). The van der Waals surface area contributed by atoms with Crippen molar-refractivity contribution in [3.63, 3.8) is 0 Å². The lowest BCUT2D eigenvalue weighted by molar-refractivity contribution is 0.210. The zero-order valence-electron chi connectivity index (χ0n) is 16.1. The zero-order valence-corrected chi connectivity index (χ0v) is 17.0. The molecule has 134 valence electrons. The number of hydrogen-bond acceptors (Lipinski definition) is 3. The molecule has 0 radical (unpaired) electrons. The van der Waals surface area contributed by atoms with Crippen LogP contribution < -0.4 is 19.5 Å². The van der Waals surface area contributed by atoms with Crippen molar-refractivity contribution in [1.29, 1.82) is 0 Å². The van der Waals surface area contributed by atoms with E-state index in [4.69, 9.17) is 14.2 Å². The third-order valence-corrected chi connectivity index (χ3v) is 7.91. The van der Waals surface area contributed by atoms with Crippen LogP contribution in [0, 0.1) is 0 Å². The molecule has 0 unspecified atom stereocenters. The summed E-state index contributed by atoms with van der Waals surface area (Å²) < 4.78 is 17.7. The summed E-state index contributed by atoms with van der Waals surface area (Å²) >= 11 is 0. The standard InChI is InChI=1S/C21H27O3P/c1-20(2,3)25-19-14(10-8-13-17(19)24-21(25,4)5)18-15(22-6)11-9-12-16(18)23-7/h8-13H,1-7H3/t25-/m1/s1. The van der Waals surface area contributed by atoms with E-state index in [1.165, 1.54) is 5.30 Å². The van der Waals surface area contributed by atoms with Crippen LogP contribution in [-0.2, 0) is 0 Å². The van der Waals surface area contributed by atoms with E-state index >= 15 is 0 Å². The molecule has 0 spiro atoms. The van der Waals surface area contributed by atoms with Crippen LogP contribution in [0.5, 0.6) is 17.2 Å². The molecule has 0 fully saturated rings. The monoisotopic (exact) mass is 358 g/mol. The fourth-order valence-electron chi connectivity index (χ4n) is 3.88. The number of hydrogen-bond donors (Lipinski definition) is 0. The van der Waals surface area contributed by atoms with Gasteiger partial charge in [-0.2, -0.15) is 0 Å². The average molecular weight is 358 g/mol. The summed E-state index contributed by atoms with van der Waals surface area (Å²) in [7, 11) is 2.85. The average Bonchev–Trinajstić information content (AvgIpc) is 2.83. The second-order valence-corrected chi connectivity index (χ2v) is 11.3.